The van der Waals surface area contributed by atoms with Crippen LogP contribution in [0.4, 0.5) is 10.3 Å². The number of benzene rings is 1. The molecule has 3 N–H and O–H groups in total. The Labute approximate surface area is 219 Å². The molecule has 1 aromatic carbocycles. The zero-order chi connectivity index (χ0) is 26.2. The maximum atomic E-state index is 14.1. The van der Waals surface area contributed by atoms with Crippen molar-refractivity contribution in [1.29, 1.82) is 0 Å². The number of anilines is 1. The molecule has 1 amide bonds. The van der Waals surface area contributed by atoms with Crippen LogP contribution in [0.25, 0.3) is 22.5 Å². The number of rotatable bonds is 6. The van der Waals surface area contributed by atoms with E-state index in [1.54, 1.807) is 16.7 Å². The lowest BCUT2D eigenvalue weighted by Crippen LogP contribution is -2.61. The summed E-state index contributed by atoms with van der Waals surface area (Å²) < 4.78 is 15.8. The Morgan fingerprint density at radius 3 is 2.70 bits per heavy atom. The number of nitrogens with zero attached hydrogens (tertiary/aromatic N) is 5. The lowest BCUT2D eigenvalue weighted by atomic mass is 9.86. The number of halogens is 2. The zero-order valence-corrected chi connectivity index (χ0v) is 21.5. The average Bonchev–Trinajstić information content (AvgIpc) is 3.11. The van der Waals surface area contributed by atoms with E-state index < -0.39 is 11.7 Å². The van der Waals surface area contributed by atoms with Crippen molar-refractivity contribution in [2.45, 2.75) is 38.4 Å². The minimum absolute atomic E-state index is 0.341. The Morgan fingerprint density at radius 1 is 1.24 bits per heavy atom. The van der Waals surface area contributed by atoms with Crippen molar-refractivity contribution in [1.82, 2.24) is 24.9 Å². The lowest BCUT2D eigenvalue weighted by Gasteiger charge is -2.40. The number of nitrogens with two attached hydrogens (primary N) is 1. The third kappa shape index (κ3) is 4.65. The van der Waals surface area contributed by atoms with Gasteiger partial charge < -0.3 is 16.0 Å². The van der Waals surface area contributed by atoms with Gasteiger partial charge in [0.2, 0.25) is 11.9 Å². The quantitative estimate of drug-likeness (QED) is 0.508. The first-order valence-electron chi connectivity index (χ1n) is 12.4. The summed E-state index contributed by atoms with van der Waals surface area (Å²) >= 11 is 6.61. The highest BCUT2D eigenvalue weighted by Crippen LogP contribution is 2.37. The van der Waals surface area contributed by atoms with E-state index >= 15 is 0 Å². The molecule has 2 aromatic heterocycles. The smallest absolute Gasteiger partial charge is 0.237 e. The number of primary amides is 1. The Balaban J connectivity index is 1.67. The van der Waals surface area contributed by atoms with Crippen molar-refractivity contribution in [2.24, 2.45) is 5.73 Å². The van der Waals surface area contributed by atoms with Gasteiger partial charge in [-0.25, -0.2) is 9.37 Å². The van der Waals surface area contributed by atoms with Gasteiger partial charge in [-0.1, -0.05) is 55.0 Å². The number of amides is 1. The molecule has 8 nitrogen and oxygen atoms in total. The molecule has 5 rings (SSSR count). The van der Waals surface area contributed by atoms with E-state index in [2.05, 4.69) is 10.2 Å². The highest BCUT2D eigenvalue weighted by atomic mass is 35.5. The van der Waals surface area contributed by atoms with E-state index in [4.69, 9.17) is 32.4 Å². The van der Waals surface area contributed by atoms with Gasteiger partial charge >= 0.3 is 0 Å². The maximum Gasteiger partial charge on any atom is 0.237 e. The molecule has 0 bridgehead atoms. The van der Waals surface area contributed by atoms with Gasteiger partial charge in [0.1, 0.15) is 23.2 Å². The van der Waals surface area contributed by atoms with E-state index in [9.17, 15) is 9.18 Å². The van der Waals surface area contributed by atoms with E-state index in [1.807, 2.05) is 44.2 Å². The van der Waals surface area contributed by atoms with E-state index in [0.717, 1.165) is 16.7 Å². The van der Waals surface area contributed by atoms with Crippen molar-refractivity contribution < 1.29 is 9.18 Å². The van der Waals surface area contributed by atoms with Gasteiger partial charge in [0.25, 0.3) is 0 Å². The van der Waals surface area contributed by atoms with E-state index in [1.165, 1.54) is 12.2 Å². The summed E-state index contributed by atoms with van der Waals surface area (Å²) in [4.78, 5) is 23.9. The molecule has 0 radical (unpaired) electrons. The number of allylic oxidation sites excluding steroid dienone is 6. The number of hydrogen-bond donors (Lipinski definition) is 2. The first-order chi connectivity index (χ1) is 17.8. The molecule has 10 heteroatoms. The molecule has 1 saturated heterocycles. The number of carbonyl (C=O) groups is 1. The third-order valence-corrected chi connectivity index (χ3v) is 7.24. The average molecular weight is 522 g/mol. The van der Waals surface area contributed by atoms with Gasteiger partial charge in [-0.2, -0.15) is 14.6 Å². The largest absolute Gasteiger partial charge is 0.368 e. The molecular formula is C27H29ClFN7O. The summed E-state index contributed by atoms with van der Waals surface area (Å²) in [5, 5.41) is 8.79. The van der Waals surface area contributed by atoms with Gasteiger partial charge in [0.05, 0.1) is 10.6 Å². The second kappa shape index (κ2) is 10.1. The van der Waals surface area contributed by atoms with Crippen LogP contribution in [0.15, 0.2) is 54.6 Å². The van der Waals surface area contributed by atoms with Crippen LogP contribution >= 0.6 is 11.6 Å². The molecule has 3 heterocycles. The topological polar surface area (TPSA) is 101 Å². The van der Waals surface area contributed by atoms with Crippen LogP contribution in [0.2, 0.25) is 5.02 Å². The number of aromatic nitrogens is 4. The summed E-state index contributed by atoms with van der Waals surface area (Å²) in [6, 6.07) is 7.48. The molecule has 2 aliphatic rings. The first-order valence-corrected chi connectivity index (χ1v) is 12.7. The molecule has 37 heavy (non-hydrogen) atoms. The number of hydrogen-bond acceptors (Lipinski definition) is 6. The number of nitrogens with one attached hydrogen (secondary N) is 1. The van der Waals surface area contributed by atoms with Crippen LogP contribution in [-0.4, -0.2) is 56.8 Å². The van der Waals surface area contributed by atoms with Crippen molar-refractivity contribution >= 4 is 34.7 Å². The summed E-state index contributed by atoms with van der Waals surface area (Å²) in [5.41, 5.74) is 8.51. The molecule has 3 aromatic rings. The van der Waals surface area contributed by atoms with E-state index in [0.29, 0.717) is 60.6 Å². The van der Waals surface area contributed by atoms with Gasteiger partial charge in [-0.3, -0.25) is 4.79 Å². The van der Waals surface area contributed by atoms with Crippen LogP contribution in [-0.2, 0) is 4.79 Å². The molecule has 0 spiro atoms. The normalized spacial score (nSPS) is 19.2. The number of fused-ring (bicyclic) bond motifs is 1. The molecule has 1 aliphatic heterocycles. The summed E-state index contributed by atoms with van der Waals surface area (Å²) in [6.07, 6.45) is 8.19. The Morgan fingerprint density at radius 2 is 2.00 bits per heavy atom. The van der Waals surface area contributed by atoms with Crippen molar-refractivity contribution in [3.63, 3.8) is 0 Å². The Kier molecular flexibility index (Phi) is 6.83. The molecule has 1 unspecified atom stereocenters. The molecule has 0 saturated carbocycles. The number of alkyl halides is 1. The molecule has 1 aliphatic carbocycles. The van der Waals surface area contributed by atoms with Crippen LogP contribution in [0.3, 0.4) is 0 Å². The number of likely N-dealkylation sites (N-methyl/N-ethyl adjacent to an activating group) is 1. The second-order valence-electron chi connectivity index (χ2n) is 9.28. The number of piperidine rings is 1. The van der Waals surface area contributed by atoms with Crippen LogP contribution in [0.1, 0.15) is 31.2 Å². The fourth-order valence-corrected chi connectivity index (χ4v) is 5.24. The van der Waals surface area contributed by atoms with E-state index in [-0.39, 0.29) is 5.91 Å². The fraction of sp³-hybridized carbons (Fsp3) is 0.333. The monoisotopic (exact) mass is 521 g/mol. The SMILES string of the molecule is CCNC1(C(N)=O)CCN(c2nc(C)nc3c(C4=CC=CC(F)C=C4)c(-c4ccccc4Cl)nn23)CC1. The number of aryl methyl sites for hydroxylation is 1. The van der Waals surface area contributed by atoms with Crippen LogP contribution in [0, 0.1) is 6.92 Å². The predicted octanol–water partition coefficient (Wildman–Crippen LogP) is 4.03. The van der Waals surface area contributed by atoms with Crippen LogP contribution in [0.5, 0.6) is 0 Å². The van der Waals surface area contributed by atoms with Gasteiger partial charge in [-0.05, 0) is 50.1 Å². The Bertz CT molecular complexity index is 1440. The maximum absolute atomic E-state index is 14.1. The molecule has 192 valence electrons. The standard InChI is InChI=1S/C27H29ClFN7O/c1-3-31-27(25(30)37)13-15-35(16-14-27)26-33-17(2)32-24-22(18-7-6-8-19(29)12-11-18)23(34-36(24)26)20-9-4-5-10-21(20)28/h4-12,19,31H,3,13-16H2,1-2H3,(H2,30,37). The van der Waals surface area contributed by atoms with Gasteiger partial charge in [0, 0.05) is 18.7 Å². The molecular weight excluding hydrogens is 493 g/mol. The van der Waals surface area contributed by atoms with Gasteiger partial charge in [-0.15, -0.1) is 0 Å². The van der Waals surface area contributed by atoms with Crippen molar-refractivity contribution in [3.8, 4) is 11.3 Å². The summed E-state index contributed by atoms with van der Waals surface area (Å²) in [7, 11) is 0. The highest BCUT2D eigenvalue weighted by Gasteiger charge is 2.40. The minimum Gasteiger partial charge on any atom is -0.368 e. The van der Waals surface area contributed by atoms with Crippen molar-refractivity contribution in [2.75, 3.05) is 24.5 Å². The Hall–Kier alpha value is -3.56. The van der Waals surface area contributed by atoms with Gasteiger partial charge in [0.15, 0.2) is 5.65 Å². The van der Waals surface area contributed by atoms with Crippen LogP contribution < -0.4 is 16.0 Å². The molecule has 1 fully saturated rings. The zero-order valence-electron chi connectivity index (χ0n) is 20.8. The minimum atomic E-state index is -1.18. The summed E-state index contributed by atoms with van der Waals surface area (Å²) in [6.45, 7) is 5.58. The lowest BCUT2D eigenvalue weighted by molar-refractivity contribution is -0.125. The van der Waals surface area contributed by atoms with Crippen molar-refractivity contribution in [3.05, 3.63) is 71.1 Å². The summed E-state index contributed by atoms with van der Waals surface area (Å²) in [5.74, 6) is 0.852. The predicted molar refractivity (Wildman–Crippen MR) is 144 cm³/mol. The fourth-order valence-electron chi connectivity index (χ4n) is 5.02. The highest BCUT2D eigenvalue weighted by molar-refractivity contribution is 6.33. The third-order valence-electron chi connectivity index (χ3n) is 6.91. The first kappa shape index (κ1) is 25.1. The number of carbonyl (C=O) groups excluding carboxylic acids is 1. The molecule has 1 atom stereocenters. The second-order valence-corrected chi connectivity index (χ2v) is 9.69.